The van der Waals surface area contributed by atoms with Crippen molar-refractivity contribution in [2.45, 2.75) is 6.43 Å². The van der Waals surface area contributed by atoms with Gasteiger partial charge in [-0.2, -0.15) is 5.10 Å². The fourth-order valence-corrected chi connectivity index (χ4v) is 4.26. The maximum absolute atomic E-state index is 13.9. The quantitative estimate of drug-likeness (QED) is 0.393. The molecule has 0 bridgehead atoms. The van der Waals surface area contributed by atoms with Crippen molar-refractivity contribution in [3.05, 3.63) is 66.0 Å². The average molecular weight is 491 g/mol. The molecule has 0 spiro atoms. The number of hydrogen-bond donors (Lipinski definition) is 1. The summed E-state index contributed by atoms with van der Waals surface area (Å²) in [7, 11) is 0. The number of rotatable bonds is 5. The third kappa shape index (κ3) is 3.81. The molecule has 0 radical (unpaired) electrons. The number of anilines is 2. The highest BCUT2D eigenvalue weighted by molar-refractivity contribution is 6.12. The minimum Gasteiger partial charge on any atom is -0.378 e. The number of hydrogen-bond acceptors (Lipinski definition) is 8. The molecular formula is C24H19F2N7O3. The molecule has 36 heavy (non-hydrogen) atoms. The van der Waals surface area contributed by atoms with E-state index in [9.17, 15) is 13.6 Å². The van der Waals surface area contributed by atoms with Gasteiger partial charge in [0.05, 0.1) is 36.5 Å². The summed E-state index contributed by atoms with van der Waals surface area (Å²) in [6.45, 7) is 2.58. The fraction of sp³-hybridized carbons (Fsp3) is 0.208. The molecule has 1 aliphatic heterocycles. The number of aromatic nitrogens is 5. The molecule has 182 valence electrons. The molecule has 5 aromatic rings. The molecule has 1 aliphatic rings. The second-order valence-corrected chi connectivity index (χ2v) is 8.17. The number of alkyl halides is 2. The van der Waals surface area contributed by atoms with Gasteiger partial charge < -0.3 is 15.0 Å². The van der Waals surface area contributed by atoms with E-state index in [0.29, 0.717) is 54.3 Å². The Bertz CT molecular complexity index is 1560. The summed E-state index contributed by atoms with van der Waals surface area (Å²) >= 11 is 0. The van der Waals surface area contributed by atoms with Crippen LogP contribution in [0.25, 0.3) is 27.9 Å². The van der Waals surface area contributed by atoms with E-state index in [1.807, 2.05) is 12.1 Å². The summed E-state index contributed by atoms with van der Waals surface area (Å²) in [6.07, 6.45) is -1.60. The first-order valence-corrected chi connectivity index (χ1v) is 11.2. The van der Waals surface area contributed by atoms with Gasteiger partial charge in [0.1, 0.15) is 11.3 Å². The van der Waals surface area contributed by atoms with E-state index in [-0.39, 0.29) is 16.9 Å². The van der Waals surface area contributed by atoms with E-state index < -0.39 is 12.3 Å². The van der Waals surface area contributed by atoms with Gasteiger partial charge in [-0.25, -0.2) is 22.9 Å². The Morgan fingerprint density at radius 2 is 1.81 bits per heavy atom. The van der Waals surface area contributed by atoms with Crippen molar-refractivity contribution in [1.29, 1.82) is 0 Å². The van der Waals surface area contributed by atoms with Gasteiger partial charge in [-0.3, -0.25) is 4.79 Å². The Morgan fingerprint density at radius 3 is 2.58 bits per heavy atom. The van der Waals surface area contributed by atoms with E-state index in [0.717, 1.165) is 10.2 Å². The molecule has 6 rings (SSSR count). The van der Waals surface area contributed by atoms with Crippen molar-refractivity contribution in [3.63, 3.8) is 0 Å². The van der Waals surface area contributed by atoms with Crippen LogP contribution in [0.3, 0.4) is 0 Å². The van der Waals surface area contributed by atoms with Crippen molar-refractivity contribution in [1.82, 2.24) is 24.9 Å². The highest BCUT2D eigenvalue weighted by Gasteiger charge is 2.24. The number of carbonyl (C=O) groups is 1. The Morgan fingerprint density at radius 1 is 1.03 bits per heavy atom. The van der Waals surface area contributed by atoms with E-state index in [4.69, 9.17) is 9.37 Å². The fourth-order valence-electron chi connectivity index (χ4n) is 4.26. The minimum atomic E-state index is -2.82. The molecule has 0 atom stereocenters. The lowest BCUT2D eigenvalue weighted by atomic mass is 10.1. The third-order valence-corrected chi connectivity index (χ3v) is 6.03. The van der Waals surface area contributed by atoms with Gasteiger partial charge in [0.15, 0.2) is 16.7 Å². The Hall–Kier alpha value is -4.45. The molecule has 4 heterocycles. The second-order valence-electron chi connectivity index (χ2n) is 8.17. The first kappa shape index (κ1) is 22.0. The molecule has 3 aromatic heterocycles. The van der Waals surface area contributed by atoms with Crippen LogP contribution in [-0.4, -0.2) is 57.1 Å². The Labute approximate surface area is 202 Å². The number of fused-ring (bicyclic) bond motifs is 2. The van der Waals surface area contributed by atoms with Crippen LogP contribution in [0.2, 0.25) is 0 Å². The number of amides is 1. The monoisotopic (exact) mass is 491 g/mol. The van der Waals surface area contributed by atoms with E-state index in [2.05, 4.69) is 30.6 Å². The van der Waals surface area contributed by atoms with E-state index >= 15 is 0 Å². The van der Waals surface area contributed by atoms with Crippen LogP contribution < -0.4 is 10.2 Å². The van der Waals surface area contributed by atoms with Crippen LogP contribution in [0.15, 0.2) is 59.4 Å². The normalized spacial score (nSPS) is 14.1. The van der Waals surface area contributed by atoms with Gasteiger partial charge in [0.2, 0.25) is 0 Å². The van der Waals surface area contributed by atoms with Gasteiger partial charge in [0.25, 0.3) is 12.3 Å². The van der Waals surface area contributed by atoms with Crippen molar-refractivity contribution in [3.8, 4) is 11.3 Å². The molecule has 12 heteroatoms. The lowest BCUT2D eigenvalue weighted by molar-refractivity contribution is 0.102. The van der Waals surface area contributed by atoms with Gasteiger partial charge in [-0.1, -0.05) is 30.3 Å². The highest BCUT2D eigenvalue weighted by Crippen LogP contribution is 2.31. The third-order valence-electron chi connectivity index (χ3n) is 6.03. The topological polar surface area (TPSA) is 111 Å². The summed E-state index contributed by atoms with van der Waals surface area (Å²) < 4.78 is 39.1. The molecule has 0 unspecified atom stereocenters. The molecule has 10 nitrogen and oxygen atoms in total. The molecule has 2 aromatic carbocycles. The van der Waals surface area contributed by atoms with E-state index in [1.54, 1.807) is 30.3 Å². The Balaban J connectivity index is 1.38. The SMILES string of the molecule is O=C(Nc1ccc(N2CCOCC2)c2nonc12)c1cnn2c(C(F)F)cc(-c3ccccc3)nc12. The van der Waals surface area contributed by atoms with Crippen molar-refractivity contribution < 1.29 is 22.9 Å². The summed E-state index contributed by atoms with van der Waals surface area (Å²) in [6, 6.07) is 13.7. The smallest absolute Gasteiger partial charge is 0.280 e. The predicted octanol–water partition coefficient (Wildman–Crippen LogP) is 3.96. The molecule has 0 aliphatic carbocycles. The van der Waals surface area contributed by atoms with E-state index in [1.165, 1.54) is 12.3 Å². The molecule has 1 amide bonds. The lowest BCUT2D eigenvalue weighted by Crippen LogP contribution is -2.36. The lowest BCUT2D eigenvalue weighted by Gasteiger charge is -2.28. The van der Waals surface area contributed by atoms with Crippen LogP contribution in [-0.2, 0) is 4.74 Å². The summed E-state index contributed by atoms with van der Waals surface area (Å²) in [5.41, 5.74) is 2.69. The number of halogens is 2. The zero-order valence-corrected chi connectivity index (χ0v) is 18.8. The Kier molecular flexibility index (Phi) is 5.49. The maximum atomic E-state index is 13.9. The van der Waals surface area contributed by atoms with Crippen LogP contribution in [0, 0.1) is 0 Å². The number of nitrogens with zero attached hydrogens (tertiary/aromatic N) is 6. The van der Waals surface area contributed by atoms with Crippen molar-refractivity contribution in [2.24, 2.45) is 0 Å². The molecular weight excluding hydrogens is 472 g/mol. The largest absolute Gasteiger partial charge is 0.378 e. The number of morpholine rings is 1. The van der Waals surface area contributed by atoms with Crippen LogP contribution in [0.5, 0.6) is 0 Å². The molecule has 1 saturated heterocycles. The van der Waals surface area contributed by atoms with Gasteiger partial charge >= 0.3 is 0 Å². The van der Waals surface area contributed by atoms with Crippen LogP contribution >= 0.6 is 0 Å². The zero-order chi connectivity index (χ0) is 24.6. The van der Waals surface area contributed by atoms with Crippen LogP contribution in [0.4, 0.5) is 20.2 Å². The minimum absolute atomic E-state index is 0.0172. The summed E-state index contributed by atoms with van der Waals surface area (Å²) in [4.78, 5) is 19.9. The highest BCUT2D eigenvalue weighted by atomic mass is 19.3. The zero-order valence-electron chi connectivity index (χ0n) is 18.8. The van der Waals surface area contributed by atoms with Gasteiger partial charge in [-0.15, -0.1) is 0 Å². The molecule has 0 saturated carbocycles. The second kappa shape index (κ2) is 8.96. The van der Waals surface area contributed by atoms with Gasteiger partial charge in [-0.05, 0) is 28.5 Å². The molecule has 1 N–H and O–H groups in total. The van der Waals surface area contributed by atoms with Crippen molar-refractivity contribution in [2.75, 3.05) is 36.5 Å². The first-order valence-electron chi connectivity index (χ1n) is 11.2. The summed E-state index contributed by atoms with van der Waals surface area (Å²) in [5, 5.41) is 14.8. The number of nitrogens with one attached hydrogen (secondary N) is 1. The van der Waals surface area contributed by atoms with Crippen LogP contribution in [0.1, 0.15) is 22.5 Å². The predicted molar refractivity (Wildman–Crippen MR) is 126 cm³/mol. The summed E-state index contributed by atoms with van der Waals surface area (Å²) in [5.74, 6) is -0.577. The maximum Gasteiger partial charge on any atom is 0.280 e. The number of ether oxygens (including phenoxy) is 1. The number of benzene rings is 2. The van der Waals surface area contributed by atoms with Crippen molar-refractivity contribution >= 4 is 34.0 Å². The van der Waals surface area contributed by atoms with Gasteiger partial charge in [0, 0.05) is 18.7 Å². The average Bonchev–Trinajstić information content (AvgIpc) is 3.57. The first-order chi connectivity index (χ1) is 17.6. The number of carbonyl (C=O) groups excluding carboxylic acids is 1. The standard InChI is InChI=1S/C24H19F2N7O3/c25-22(26)19-12-17(14-4-2-1-3-5-14)28-23-15(13-27-33(19)23)24(34)29-16-6-7-18(21-20(16)30-36-31-21)32-8-10-35-11-9-32/h1-7,12-13,22H,8-11H2,(H,29,34). The molecule has 1 fully saturated rings.